The smallest absolute Gasteiger partial charge is 0.0369 e. The van der Waals surface area contributed by atoms with Crippen molar-refractivity contribution in [1.82, 2.24) is 19.6 Å². The number of piperidine rings is 8. The Bertz CT molecular complexity index is 4360. The second-order valence-corrected chi connectivity index (χ2v) is 46.6. The molecular weight excluding hydrogens is 1720 g/mol. The highest BCUT2D eigenvalue weighted by molar-refractivity contribution is 5.52. The van der Waals surface area contributed by atoms with E-state index in [0.717, 1.165) is 31.5 Å². The normalized spacial score (nSPS) is 17.7. The Morgan fingerprint density at radius 3 is 0.718 bits per heavy atom. The van der Waals surface area contributed by atoms with Gasteiger partial charge in [-0.25, -0.2) is 0 Å². The maximum Gasteiger partial charge on any atom is 0.0369 e. The lowest BCUT2D eigenvalue weighted by atomic mass is 9.83. The van der Waals surface area contributed by atoms with Gasteiger partial charge in [-0.2, -0.15) is 0 Å². The average Bonchev–Trinajstić information content (AvgIpc) is 0.867. The Morgan fingerprint density at radius 1 is 0.204 bits per heavy atom. The molecule has 0 atom stereocenters. The van der Waals surface area contributed by atoms with Gasteiger partial charge in [0.25, 0.3) is 0 Å². The first kappa shape index (κ1) is 116. The first-order valence-electron chi connectivity index (χ1n) is 58.5. The van der Waals surface area contributed by atoms with Gasteiger partial charge < -0.3 is 24.5 Å². The number of hydrogen-bond donors (Lipinski definition) is 0. The van der Waals surface area contributed by atoms with Gasteiger partial charge in [-0.1, -0.05) is 346 Å². The summed E-state index contributed by atoms with van der Waals surface area (Å²) in [6.45, 7) is 67.8. The first-order valence-corrected chi connectivity index (χ1v) is 58.5. The van der Waals surface area contributed by atoms with E-state index in [1.165, 1.54) is 399 Å². The molecule has 142 heavy (non-hydrogen) atoms. The molecule has 18 rings (SSSR count). The third-order valence-corrected chi connectivity index (χ3v) is 31.7. The maximum atomic E-state index is 2.63. The predicted molar refractivity (Wildman–Crippen MR) is 625 cm³/mol. The van der Waals surface area contributed by atoms with Gasteiger partial charge in [0.2, 0.25) is 0 Å². The van der Waals surface area contributed by atoms with Gasteiger partial charge in [0.15, 0.2) is 0 Å². The standard InChI is InChI=1S/C17H27N.4C15H23N.C15H22.3C14H21N/c1-15(2)17-10-8-16(9-11-17)7-6-14-18-12-4-3-5-13-18;1-12(2)14-4-6-15(7-5-14)16-10-8-13(3)9-11-16;3*1-13(2)15-8-6-14(7-9-15)12-16-10-4-3-5-11-16;1-12(2)13-8-10-15(11-9-13)14-6-4-3-5-7-14;2*1-12(2)13-6-8-14(9-7-13)15-10-4-3-5-11-15;1-12(2)13-7-6-8-14(11-13)15-9-4-3-5-10-15/h8-11,15H,3-7,12-14H2,1-2H3;4-7,12-13H,8-11H2,1-3H3;3*6-9,13H,3-5,10-12H2,1-2H3;8-12,14H,3-7H2,1-2H3;2*6-9,12H,3-5,10-11H2,1-2H3;6-8,11-12H,3-5,9-10H2,1-2H3. The summed E-state index contributed by atoms with van der Waals surface area (Å²) in [6.07, 6.45) is 41.4. The maximum absolute atomic E-state index is 2.63. The molecule has 8 heterocycles. The van der Waals surface area contributed by atoms with Gasteiger partial charge in [-0.15, -0.1) is 0 Å². The minimum absolute atomic E-state index is 0.634. The minimum Gasteiger partial charge on any atom is -0.372 e. The van der Waals surface area contributed by atoms with Gasteiger partial charge in [0, 0.05) is 94.7 Å². The van der Waals surface area contributed by atoms with Crippen LogP contribution in [0.1, 0.15) is 455 Å². The van der Waals surface area contributed by atoms with Crippen molar-refractivity contribution in [1.29, 1.82) is 0 Å². The Balaban J connectivity index is 0.000000164. The molecule has 9 aromatic rings. The molecule has 1 aliphatic carbocycles. The van der Waals surface area contributed by atoms with Crippen LogP contribution in [0.2, 0.25) is 0 Å². The lowest BCUT2D eigenvalue weighted by molar-refractivity contribution is 0.221. The van der Waals surface area contributed by atoms with Crippen LogP contribution in [0.4, 0.5) is 22.7 Å². The largest absolute Gasteiger partial charge is 0.372 e. The summed E-state index contributed by atoms with van der Waals surface area (Å²) in [4.78, 5) is 20.4. The summed E-state index contributed by atoms with van der Waals surface area (Å²) >= 11 is 0. The monoisotopic (exact) mass is 1930 g/mol. The van der Waals surface area contributed by atoms with Crippen LogP contribution in [0.15, 0.2) is 218 Å². The van der Waals surface area contributed by atoms with Gasteiger partial charge in [-0.3, -0.25) is 14.7 Å². The number of benzene rings is 9. The Labute approximate surface area is 872 Å². The van der Waals surface area contributed by atoms with Crippen molar-refractivity contribution in [2.75, 3.05) is 131 Å². The van der Waals surface area contributed by atoms with Gasteiger partial charge >= 0.3 is 0 Å². The molecule has 9 aliphatic rings. The van der Waals surface area contributed by atoms with Crippen molar-refractivity contribution >= 4 is 22.7 Å². The first-order chi connectivity index (χ1) is 68.8. The van der Waals surface area contributed by atoms with Crippen LogP contribution in [-0.4, -0.2) is 131 Å². The van der Waals surface area contributed by atoms with Crippen molar-refractivity contribution in [2.24, 2.45) is 5.92 Å². The molecule has 8 nitrogen and oxygen atoms in total. The fraction of sp³-hybridized carbons (Fsp3) is 0.597. The molecule has 0 N–H and O–H groups in total. The average molecular weight is 1930 g/mol. The molecule has 0 amide bonds. The van der Waals surface area contributed by atoms with E-state index in [4.69, 9.17) is 0 Å². The highest BCUT2D eigenvalue weighted by Crippen LogP contribution is 2.35. The van der Waals surface area contributed by atoms with Crippen LogP contribution in [-0.2, 0) is 26.1 Å². The molecule has 8 aliphatic heterocycles. The van der Waals surface area contributed by atoms with Gasteiger partial charge in [0.1, 0.15) is 0 Å². The Morgan fingerprint density at radius 2 is 0.437 bits per heavy atom. The van der Waals surface area contributed by atoms with Gasteiger partial charge in [-0.05, 0) is 398 Å². The van der Waals surface area contributed by atoms with Crippen LogP contribution in [0.3, 0.4) is 0 Å². The molecule has 8 heteroatoms. The summed E-state index contributed by atoms with van der Waals surface area (Å²) in [6, 6.07) is 82.4. The zero-order chi connectivity index (χ0) is 101. The summed E-state index contributed by atoms with van der Waals surface area (Å²) in [7, 11) is 0. The van der Waals surface area contributed by atoms with Crippen LogP contribution in [0.5, 0.6) is 0 Å². The molecule has 8 saturated heterocycles. The van der Waals surface area contributed by atoms with E-state index in [1.54, 1.807) is 5.56 Å². The van der Waals surface area contributed by atoms with E-state index in [2.05, 4.69) is 389 Å². The summed E-state index contributed by atoms with van der Waals surface area (Å²) in [5, 5.41) is 0. The van der Waals surface area contributed by atoms with Crippen molar-refractivity contribution in [3.05, 3.63) is 296 Å². The Hall–Kier alpha value is -7.98. The number of hydrogen-bond acceptors (Lipinski definition) is 8. The quantitative estimate of drug-likeness (QED) is 0.0591. The van der Waals surface area contributed by atoms with Crippen LogP contribution in [0.25, 0.3) is 0 Å². The molecule has 0 spiro atoms. The number of likely N-dealkylation sites (tertiary alicyclic amines) is 4. The third kappa shape index (κ3) is 42.8. The van der Waals surface area contributed by atoms with E-state index in [1.807, 2.05) is 0 Å². The van der Waals surface area contributed by atoms with Crippen LogP contribution < -0.4 is 19.6 Å². The molecule has 9 aromatic carbocycles. The number of anilines is 4. The lowest BCUT2D eigenvalue weighted by Gasteiger charge is -2.32. The van der Waals surface area contributed by atoms with Crippen molar-refractivity contribution < 1.29 is 0 Å². The van der Waals surface area contributed by atoms with Crippen molar-refractivity contribution in [2.45, 2.75) is 403 Å². The number of aryl methyl sites for hydroxylation is 1. The molecule has 780 valence electrons. The number of nitrogens with zero attached hydrogens (tertiary/aromatic N) is 8. The lowest BCUT2D eigenvalue weighted by Crippen LogP contribution is -2.32. The summed E-state index contributed by atoms with van der Waals surface area (Å²) < 4.78 is 0. The molecule has 1 saturated carbocycles. The number of rotatable bonds is 24. The fourth-order valence-corrected chi connectivity index (χ4v) is 21.5. The predicted octanol–water partition coefficient (Wildman–Crippen LogP) is 35.9. The van der Waals surface area contributed by atoms with E-state index in [-0.39, 0.29) is 0 Å². The highest BCUT2D eigenvalue weighted by atomic mass is 15.2. The van der Waals surface area contributed by atoms with Crippen LogP contribution in [0, 0.1) is 5.92 Å². The van der Waals surface area contributed by atoms with Crippen LogP contribution >= 0.6 is 0 Å². The molecule has 0 radical (unpaired) electrons. The van der Waals surface area contributed by atoms with E-state index in [0.29, 0.717) is 53.3 Å². The van der Waals surface area contributed by atoms with E-state index in [9.17, 15) is 0 Å². The highest BCUT2D eigenvalue weighted by Gasteiger charge is 2.22. The minimum atomic E-state index is 0.634. The van der Waals surface area contributed by atoms with E-state index >= 15 is 0 Å². The molecule has 0 aromatic heterocycles. The topological polar surface area (TPSA) is 25.9 Å². The Kier molecular flexibility index (Phi) is 53.0. The second-order valence-electron chi connectivity index (χ2n) is 46.6. The zero-order valence-electron chi connectivity index (χ0n) is 94.1. The van der Waals surface area contributed by atoms with Gasteiger partial charge in [0.05, 0.1) is 0 Å². The summed E-state index contributed by atoms with van der Waals surface area (Å²) in [5.74, 6) is 7.53. The summed E-state index contributed by atoms with van der Waals surface area (Å²) in [5.41, 5.74) is 26.1. The molecule has 9 fully saturated rings. The van der Waals surface area contributed by atoms with E-state index < -0.39 is 0 Å². The van der Waals surface area contributed by atoms with Crippen molar-refractivity contribution in [3.8, 4) is 0 Å². The third-order valence-electron chi connectivity index (χ3n) is 31.7. The molecule has 0 bridgehead atoms. The SMILES string of the molecule is CC(C)c1ccc(C2CCCCC2)cc1.CC(C)c1ccc(CCCN2CCCCC2)cc1.CC(C)c1ccc(CN2CCCCC2)cc1.CC(C)c1ccc(CN2CCCCC2)cc1.CC(C)c1ccc(CN2CCCCC2)cc1.CC(C)c1ccc(N2CCCCC2)cc1.CC(C)c1ccc(N2CCCCC2)cc1.CC(C)c1cccc(N2CCCCC2)c1.CC1CCN(c2ccc(C(C)C)cc2)CC1. The fourth-order valence-electron chi connectivity index (χ4n) is 21.5. The van der Waals surface area contributed by atoms with Crippen molar-refractivity contribution in [3.63, 3.8) is 0 Å². The zero-order valence-corrected chi connectivity index (χ0v) is 94.1. The molecule has 0 unspecified atom stereocenters. The second kappa shape index (κ2) is 64.9. The molecular formula is C134H204N8.